The monoisotopic (exact) mass is 478 g/mol. The van der Waals surface area contributed by atoms with E-state index in [1.165, 1.54) is 0 Å². The number of carbonyl (C=O) groups excluding carboxylic acids is 1. The first-order valence-corrected chi connectivity index (χ1v) is 15.3. The maximum absolute atomic E-state index is 14.5. The summed E-state index contributed by atoms with van der Waals surface area (Å²) >= 11 is 0. The van der Waals surface area contributed by atoms with Crippen molar-refractivity contribution in [3.05, 3.63) is 10.1 Å². The highest BCUT2D eigenvalue weighted by atomic mass is 28.4. The van der Waals surface area contributed by atoms with Crippen LogP contribution in [-0.2, 0) is 14.0 Å². The minimum absolute atomic E-state index is 0.0272. The largest absolute Gasteiger partial charge is 0.416 e. The molecule has 186 valence electrons. The van der Waals surface area contributed by atoms with Crippen LogP contribution in [0.4, 0.5) is 0 Å². The molecule has 0 amide bonds. The zero-order chi connectivity index (χ0) is 25.0. The van der Waals surface area contributed by atoms with Crippen LogP contribution in [0.3, 0.4) is 0 Å². The fourth-order valence-corrected chi connectivity index (χ4v) is 7.64. The number of carbonyl (C=O) groups is 1. The Bertz CT molecular complexity index is 845. The number of ether oxygens (including phenoxy) is 1. The average molecular weight is 479 g/mol. The zero-order valence-electron chi connectivity index (χ0n) is 21.7. The standard InChI is InChI=1S/C25H42N2O5Si/c1-22(2,3)33(7,8)31-16-17-10-9-12-24(6)14-20-19(15-26)23(4,5)18(11-13-27(29)30)21(28)25(17,24)32-20/h17-20H,9-14,16H2,1-8H3/t17-,18+,19?,20-,24+,25-/m1/s1. The number of hydrogen-bond acceptors (Lipinski definition) is 6. The second-order valence-electron chi connectivity index (χ2n) is 13.0. The maximum atomic E-state index is 14.5. The smallest absolute Gasteiger partial charge is 0.204 e. The number of hydrogen-bond donors (Lipinski definition) is 0. The molecular weight excluding hydrogens is 436 g/mol. The van der Waals surface area contributed by atoms with Gasteiger partial charge in [0, 0.05) is 35.2 Å². The first-order chi connectivity index (χ1) is 15.0. The molecule has 3 fully saturated rings. The van der Waals surface area contributed by atoms with Crippen molar-refractivity contribution in [3.63, 3.8) is 0 Å². The quantitative estimate of drug-likeness (QED) is 0.289. The van der Waals surface area contributed by atoms with E-state index >= 15 is 0 Å². The molecule has 0 aromatic rings. The number of nitro groups is 1. The molecule has 3 rings (SSSR count). The highest BCUT2D eigenvalue weighted by molar-refractivity contribution is 6.74. The number of fused-ring (bicyclic) bond motifs is 1. The molecule has 0 radical (unpaired) electrons. The molecule has 3 aliphatic rings. The highest BCUT2D eigenvalue weighted by Crippen LogP contribution is 2.64. The Morgan fingerprint density at radius 2 is 1.94 bits per heavy atom. The molecule has 2 bridgehead atoms. The third-order valence-corrected chi connectivity index (χ3v) is 14.2. The summed E-state index contributed by atoms with van der Waals surface area (Å²) in [6.07, 6.45) is 3.18. The van der Waals surface area contributed by atoms with E-state index in [0.29, 0.717) is 13.0 Å². The lowest BCUT2D eigenvalue weighted by Crippen LogP contribution is -2.62. The van der Waals surface area contributed by atoms with Gasteiger partial charge in [0.2, 0.25) is 6.54 Å². The summed E-state index contributed by atoms with van der Waals surface area (Å²) in [6, 6.07) is 2.44. The Balaban J connectivity index is 2.06. The molecule has 1 spiro atoms. The van der Waals surface area contributed by atoms with E-state index in [2.05, 4.69) is 46.9 Å². The van der Waals surface area contributed by atoms with Gasteiger partial charge in [-0.05, 0) is 42.8 Å². The van der Waals surface area contributed by atoms with Gasteiger partial charge in [0.1, 0.15) is 5.60 Å². The number of nitriles is 1. The molecule has 8 heteroatoms. The Hall–Kier alpha value is -1.30. The molecule has 1 saturated carbocycles. The molecule has 1 aliphatic carbocycles. The van der Waals surface area contributed by atoms with Crippen molar-refractivity contribution in [2.75, 3.05) is 13.2 Å². The van der Waals surface area contributed by atoms with Gasteiger partial charge in [-0.3, -0.25) is 14.9 Å². The van der Waals surface area contributed by atoms with E-state index in [0.717, 1.165) is 19.3 Å². The predicted molar refractivity (Wildman–Crippen MR) is 129 cm³/mol. The van der Waals surface area contributed by atoms with E-state index in [9.17, 15) is 20.2 Å². The second-order valence-corrected chi connectivity index (χ2v) is 17.8. The van der Waals surface area contributed by atoms with Crippen LogP contribution in [0.25, 0.3) is 0 Å². The molecule has 7 nitrogen and oxygen atoms in total. The topological polar surface area (TPSA) is 102 Å². The van der Waals surface area contributed by atoms with Crippen LogP contribution in [-0.4, -0.2) is 43.9 Å². The van der Waals surface area contributed by atoms with Crippen LogP contribution in [0.15, 0.2) is 0 Å². The summed E-state index contributed by atoms with van der Waals surface area (Å²) in [6.45, 7) is 17.2. The lowest BCUT2D eigenvalue weighted by atomic mass is 9.51. The molecule has 6 atom stereocenters. The first-order valence-electron chi connectivity index (χ1n) is 12.4. The lowest BCUT2D eigenvalue weighted by molar-refractivity contribution is -0.481. The average Bonchev–Trinajstić information content (AvgIpc) is 2.95. The van der Waals surface area contributed by atoms with Gasteiger partial charge in [0.05, 0.1) is 18.1 Å². The third kappa shape index (κ3) is 4.08. The Kier molecular flexibility index (Phi) is 6.71. The molecular formula is C25H42N2O5Si. The number of Topliss-reactive ketones (excluding diaryl/α,β-unsaturated/α-hetero) is 1. The van der Waals surface area contributed by atoms with Gasteiger partial charge in [-0.2, -0.15) is 5.26 Å². The maximum Gasteiger partial charge on any atom is 0.204 e. The van der Waals surface area contributed by atoms with Crippen molar-refractivity contribution in [3.8, 4) is 6.07 Å². The van der Waals surface area contributed by atoms with Gasteiger partial charge in [0.25, 0.3) is 0 Å². The molecule has 0 N–H and O–H groups in total. The van der Waals surface area contributed by atoms with Crippen molar-refractivity contribution in [2.24, 2.45) is 28.6 Å². The fraction of sp³-hybridized carbons (Fsp3) is 0.920. The van der Waals surface area contributed by atoms with Crippen molar-refractivity contribution in [1.82, 2.24) is 0 Å². The number of ketones is 1. The molecule has 33 heavy (non-hydrogen) atoms. The summed E-state index contributed by atoms with van der Waals surface area (Å²) in [5.74, 6) is -1.21. The van der Waals surface area contributed by atoms with Crippen LogP contribution >= 0.6 is 0 Å². The van der Waals surface area contributed by atoms with Gasteiger partial charge >= 0.3 is 0 Å². The van der Waals surface area contributed by atoms with E-state index in [1.54, 1.807) is 0 Å². The van der Waals surface area contributed by atoms with Gasteiger partial charge in [0.15, 0.2) is 14.1 Å². The summed E-state index contributed by atoms with van der Waals surface area (Å²) in [4.78, 5) is 25.4. The van der Waals surface area contributed by atoms with Crippen LogP contribution in [0, 0.1) is 50.0 Å². The Morgan fingerprint density at radius 1 is 1.30 bits per heavy atom. The normalized spacial score (nSPS) is 38.3. The summed E-state index contributed by atoms with van der Waals surface area (Å²) in [5.41, 5.74) is -2.12. The molecule has 2 saturated heterocycles. The van der Waals surface area contributed by atoms with E-state index in [4.69, 9.17) is 9.16 Å². The Morgan fingerprint density at radius 3 is 2.48 bits per heavy atom. The van der Waals surface area contributed by atoms with Crippen LogP contribution in [0.1, 0.15) is 73.6 Å². The first kappa shape index (κ1) is 26.3. The third-order valence-electron chi connectivity index (χ3n) is 9.69. The lowest BCUT2D eigenvalue weighted by Gasteiger charge is -2.52. The molecule has 0 aromatic carbocycles. The fourth-order valence-electron chi connectivity index (χ4n) is 6.59. The Labute approximate surface area is 199 Å². The molecule has 0 aromatic heterocycles. The summed E-state index contributed by atoms with van der Waals surface area (Å²) in [7, 11) is -2.04. The van der Waals surface area contributed by atoms with Crippen LogP contribution in [0.2, 0.25) is 18.1 Å². The van der Waals surface area contributed by atoms with Crippen molar-refractivity contribution in [1.29, 1.82) is 5.26 Å². The summed E-state index contributed by atoms with van der Waals surface area (Å²) in [5, 5.41) is 21.4. The van der Waals surface area contributed by atoms with Crippen molar-refractivity contribution in [2.45, 2.75) is 103 Å². The molecule has 2 heterocycles. The van der Waals surface area contributed by atoms with Gasteiger partial charge in [-0.1, -0.05) is 48.0 Å². The minimum atomic E-state index is -2.04. The molecule has 2 aliphatic heterocycles. The van der Waals surface area contributed by atoms with Gasteiger partial charge in [-0.25, -0.2) is 0 Å². The number of nitrogens with zero attached hydrogens (tertiary/aromatic N) is 2. The van der Waals surface area contributed by atoms with Crippen molar-refractivity contribution < 1.29 is 18.9 Å². The van der Waals surface area contributed by atoms with E-state index in [1.807, 2.05) is 13.8 Å². The van der Waals surface area contributed by atoms with E-state index in [-0.39, 0.29) is 46.1 Å². The summed E-state index contributed by atoms with van der Waals surface area (Å²) < 4.78 is 13.4. The van der Waals surface area contributed by atoms with Crippen molar-refractivity contribution >= 4 is 14.1 Å². The minimum Gasteiger partial charge on any atom is -0.416 e. The SMILES string of the molecule is CC1(C)C(C#N)[C@H]2C[C@]3(C)CCC[C@H](CO[Si](C)(C)C(C)(C)C)[C@@]3(O2)C(=O)[C@@H]1CC[N+](=O)[O-]. The zero-order valence-corrected chi connectivity index (χ0v) is 22.7. The van der Waals surface area contributed by atoms with E-state index < -0.39 is 31.2 Å². The predicted octanol–water partition coefficient (Wildman–Crippen LogP) is 5.37. The van der Waals surface area contributed by atoms with Crippen LogP contribution in [0.5, 0.6) is 0 Å². The highest BCUT2D eigenvalue weighted by Gasteiger charge is 2.71. The number of rotatable bonds is 6. The van der Waals surface area contributed by atoms with Gasteiger partial charge < -0.3 is 9.16 Å². The second kappa shape index (κ2) is 8.42. The van der Waals surface area contributed by atoms with Gasteiger partial charge in [-0.15, -0.1) is 0 Å². The molecule has 1 unspecified atom stereocenters. The van der Waals surface area contributed by atoms with Crippen LogP contribution < -0.4 is 0 Å².